The maximum Gasteiger partial charge on any atom is 0.139 e. The molecule has 0 saturated carbocycles. The van der Waals surface area contributed by atoms with Gasteiger partial charge in [0.05, 0.1) is 6.61 Å². The largest absolute Gasteiger partial charge is 0.409 e. The second-order valence-corrected chi connectivity index (χ2v) is 3.75. The first kappa shape index (κ1) is 13.3. The molecule has 0 heterocycles. The minimum Gasteiger partial charge on any atom is -0.409 e. The van der Waals surface area contributed by atoms with Crippen LogP contribution < -0.4 is 11.1 Å². The van der Waals surface area contributed by atoms with E-state index in [1.807, 2.05) is 24.3 Å². The molecular weight excluding hydrogens is 218 g/mol. The third-order valence-corrected chi connectivity index (χ3v) is 2.33. The molecule has 1 aromatic carbocycles. The molecule has 94 valence electrons. The van der Waals surface area contributed by atoms with Gasteiger partial charge in [0.1, 0.15) is 5.84 Å². The quantitative estimate of drug-likeness (QED) is 0.222. The summed E-state index contributed by atoms with van der Waals surface area (Å²) in [7, 11) is 1.68. The highest BCUT2D eigenvalue weighted by Crippen LogP contribution is 2.10. The number of nitrogens with two attached hydrogens (primary N) is 1. The van der Waals surface area contributed by atoms with E-state index in [2.05, 4.69) is 10.5 Å². The van der Waals surface area contributed by atoms with Gasteiger partial charge >= 0.3 is 0 Å². The molecule has 0 amide bonds. The summed E-state index contributed by atoms with van der Waals surface area (Å²) < 4.78 is 5.03. The fourth-order valence-corrected chi connectivity index (χ4v) is 1.44. The van der Waals surface area contributed by atoms with Crippen LogP contribution in [0.2, 0.25) is 0 Å². The third-order valence-electron chi connectivity index (χ3n) is 2.33. The summed E-state index contributed by atoms with van der Waals surface area (Å²) in [6.45, 7) is 1.42. The Morgan fingerprint density at radius 3 is 2.71 bits per heavy atom. The van der Waals surface area contributed by atoms with E-state index < -0.39 is 0 Å². The molecular formula is C12H19N3O2. The summed E-state index contributed by atoms with van der Waals surface area (Å²) in [5, 5.41) is 14.5. The van der Waals surface area contributed by atoms with Gasteiger partial charge in [-0.3, -0.25) is 0 Å². The molecule has 0 unspecified atom stereocenters. The molecule has 0 atom stereocenters. The second kappa shape index (κ2) is 7.51. The van der Waals surface area contributed by atoms with Crippen LogP contribution in [-0.4, -0.2) is 24.7 Å². The van der Waals surface area contributed by atoms with Gasteiger partial charge in [0.2, 0.25) is 0 Å². The van der Waals surface area contributed by atoms with Crippen molar-refractivity contribution in [3.05, 3.63) is 29.8 Å². The van der Waals surface area contributed by atoms with Crippen molar-refractivity contribution in [1.29, 1.82) is 0 Å². The molecule has 4 N–H and O–H groups in total. The number of amidine groups is 1. The molecule has 0 fully saturated rings. The van der Waals surface area contributed by atoms with E-state index in [1.165, 1.54) is 0 Å². The molecule has 5 heteroatoms. The number of ether oxygens (including phenoxy) is 1. The van der Waals surface area contributed by atoms with E-state index in [1.54, 1.807) is 7.11 Å². The molecule has 0 aromatic heterocycles. The highest BCUT2D eigenvalue weighted by atomic mass is 16.5. The summed E-state index contributed by atoms with van der Waals surface area (Å²) in [5.74, 6) is 0.266. The van der Waals surface area contributed by atoms with Crippen molar-refractivity contribution in [1.82, 2.24) is 0 Å². The first-order valence-corrected chi connectivity index (χ1v) is 5.54. The monoisotopic (exact) mass is 237 g/mol. The molecule has 0 spiro atoms. The Kier molecular flexibility index (Phi) is 5.88. The Labute approximate surface area is 101 Å². The van der Waals surface area contributed by atoms with Gasteiger partial charge in [0.15, 0.2) is 0 Å². The smallest absolute Gasteiger partial charge is 0.139 e. The van der Waals surface area contributed by atoms with Crippen LogP contribution in [0.3, 0.4) is 0 Å². The number of methoxy groups -OCH3 is 1. The van der Waals surface area contributed by atoms with Crippen LogP contribution in [0, 0.1) is 0 Å². The number of hydrogen-bond acceptors (Lipinski definition) is 4. The third kappa shape index (κ3) is 5.21. The van der Waals surface area contributed by atoms with Gasteiger partial charge in [0.25, 0.3) is 0 Å². The summed E-state index contributed by atoms with van der Waals surface area (Å²) in [6, 6.07) is 8.07. The first-order chi connectivity index (χ1) is 8.26. The maximum absolute atomic E-state index is 8.36. The maximum atomic E-state index is 8.36. The standard InChI is InChI=1S/C12H19N3O2/c1-17-9-10-4-6-11(7-5-10)14-8-2-3-12(13)15-16/h4-7,14,16H,2-3,8-9H2,1H3,(H2,13,15). The predicted octanol–water partition coefficient (Wildman–Crippen LogP) is 1.77. The van der Waals surface area contributed by atoms with Gasteiger partial charge in [-0.1, -0.05) is 17.3 Å². The van der Waals surface area contributed by atoms with E-state index in [9.17, 15) is 0 Å². The van der Waals surface area contributed by atoms with Crippen molar-refractivity contribution in [2.45, 2.75) is 19.4 Å². The zero-order valence-electron chi connectivity index (χ0n) is 10.0. The van der Waals surface area contributed by atoms with E-state index in [0.717, 1.165) is 24.2 Å². The average molecular weight is 237 g/mol. The summed E-state index contributed by atoms with van der Waals surface area (Å²) >= 11 is 0. The van der Waals surface area contributed by atoms with Gasteiger partial charge in [-0.05, 0) is 24.1 Å². The summed E-state index contributed by atoms with van der Waals surface area (Å²) in [6.07, 6.45) is 1.42. The lowest BCUT2D eigenvalue weighted by Gasteiger charge is -2.07. The predicted molar refractivity (Wildman–Crippen MR) is 68.3 cm³/mol. The molecule has 0 saturated heterocycles. The van der Waals surface area contributed by atoms with Crippen molar-refractivity contribution in [3.63, 3.8) is 0 Å². The van der Waals surface area contributed by atoms with E-state index in [4.69, 9.17) is 15.7 Å². The average Bonchev–Trinajstić information content (AvgIpc) is 2.36. The highest BCUT2D eigenvalue weighted by molar-refractivity contribution is 5.79. The lowest BCUT2D eigenvalue weighted by molar-refractivity contribution is 0.185. The van der Waals surface area contributed by atoms with Crippen molar-refractivity contribution < 1.29 is 9.94 Å². The lowest BCUT2D eigenvalue weighted by Crippen LogP contribution is -2.13. The summed E-state index contributed by atoms with van der Waals surface area (Å²) in [5.41, 5.74) is 7.57. The molecule has 0 radical (unpaired) electrons. The number of benzene rings is 1. The minimum atomic E-state index is 0.266. The number of nitrogens with zero attached hydrogens (tertiary/aromatic N) is 1. The Morgan fingerprint density at radius 1 is 1.41 bits per heavy atom. The van der Waals surface area contributed by atoms with Gasteiger partial charge in [0, 0.05) is 25.8 Å². The van der Waals surface area contributed by atoms with Crippen molar-refractivity contribution in [3.8, 4) is 0 Å². The molecule has 1 rings (SSSR count). The van der Waals surface area contributed by atoms with Crippen LogP contribution in [-0.2, 0) is 11.3 Å². The molecule has 0 aliphatic heterocycles. The van der Waals surface area contributed by atoms with Gasteiger partial charge < -0.3 is 21.0 Å². The summed E-state index contributed by atoms with van der Waals surface area (Å²) in [4.78, 5) is 0. The molecule has 5 nitrogen and oxygen atoms in total. The lowest BCUT2D eigenvalue weighted by atomic mass is 10.2. The Bertz CT molecular complexity index is 349. The second-order valence-electron chi connectivity index (χ2n) is 3.75. The Morgan fingerprint density at radius 2 is 2.12 bits per heavy atom. The van der Waals surface area contributed by atoms with E-state index >= 15 is 0 Å². The fourth-order valence-electron chi connectivity index (χ4n) is 1.44. The van der Waals surface area contributed by atoms with Crippen molar-refractivity contribution in [2.75, 3.05) is 19.0 Å². The zero-order valence-corrected chi connectivity index (χ0v) is 10.0. The van der Waals surface area contributed by atoms with Crippen LogP contribution in [0.5, 0.6) is 0 Å². The number of nitrogens with one attached hydrogen (secondary N) is 1. The topological polar surface area (TPSA) is 79.9 Å². The van der Waals surface area contributed by atoms with Crippen molar-refractivity contribution >= 4 is 11.5 Å². The normalized spacial score (nSPS) is 11.5. The number of oxime groups is 1. The number of hydrogen-bond donors (Lipinski definition) is 3. The number of rotatable bonds is 7. The minimum absolute atomic E-state index is 0.266. The Hall–Kier alpha value is -1.75. The van der Waals surface area contributed by atoms with Crippen LogP contribution >= 0.6 is 0 Å². The van der Waals surface area contributed by atoms with E-state index in [-0.39, 0.29) is 5.84 Å². The van der Waals surface area contributed by atoms with Crippen LogP contribution in [0.15, 0.2) is 29.4 Å². The molecule has 17 heavy (non-hydrogen) atoms. The number of anilines is 1. The molecule has 0 aliphatic carbocycles. The Balaban J connectivity index is 2.27. The van der Waals surface area contributed by atoms with Gasteiger partial charge in [-0.25, -0.2) is 0 Å². The van der Waals surface area contributed by atoms with Crippen molar-refractivity contribution in [2.24, 2.45) is 10.9 Å². The van der Waals surface area contributed by atoms with Crippen LogP contribution in [0.1, 0.15) is 18.4 Å². The van der Waals surface area contributed by atoms with Gasteiger partial charge in [-0.2, -0.15) is 0 Å². The van der Waals surface area contributed by atoms with Crippen LogP contribution in [0.25, 0.3) is 0 Å². The van der Waals surface area contributed by atoms with Gasteiger partial charge in [-0.15, -0.1) is 0 Å². The molecule has 0 bridgehead atoms. The zero-order chi connectivity index (χ0) is 12.5. The first-order valence-electron chi connectivity index (χ1n) is 5.54. The SMILES string of the molecule is COCc1ccc(NCCC/C(N)=N/O)cc1. The van der Waals surface area contributed by atoms with Crippen LogP contribution in [0.4, 0.5) is 5.69 Å². The van der Waals surface area contributed by atoms with E-state index in [0.29, 0.717) is 13.0 Å². The molecule has 0 aliphatic rings. The molecule has 1 aromatic rings. The highest BCUT2D eigenvalue weighted by Gasteiger charge is 1.95. The fraction of sp³-hybridized carbons (Fsp3) is 0.417.